The number of carbonyl (C=O) groups excluding carboxylic acids is 2. The third kappa shape index (κ3) is 4.73. The Labute approximate surface area is 216 Å². The molecule has 8 nitrogen and oxygen atoms in total. The molecule has 9 heteroatoms. The van der Waals surface area contributed by atoms with Crippen LogP contribution in [0.3, 0.4) is 0 Å². The molecule has 0 aromatic heterocycles. The highest BCUT2D eigenvalue weighted by Gasteiger charge is 2.40. The number of nitriles is 1. The lowest BCUT2D eigenvalue weighted by Gasteiger charge is -2.34. The predicted molar refractivity (Wildman–Crippen MR) is 138 cm³/mol. The quantitative estimate of drug-likeness (QED) is 0.544. The van der Waals surface area contributed by atoms with Gasteiger partial charge >= 0.3 is 0 Å². The Morgan fingerprint density at radius 3 is 2.49 bits per heavy atom. The lowest BCUT2D eigenvalue weighted by Crippen LogP contribution is -2.49. The number of nitrogens with zero attached hydrogens (tertiary/aromatic N) is 3. The van der Waals surface area contributed by atoms with Crippen molar-refractivity contribution in [1.82, 2.24) is 9.62 Å². The summed E-state index contributed by atoms with van der Waals surface area (Å²) in [5, 5.41) is 11.9. The van der Waals surface area contributed by atoms with Gasteiger partial charge in [-0.05, 0) is 42.3 Å². The molecule has 1 N–H and O–H groups in total. The van der Waals surface area contributed by atoms with Gasteiger partial charge in [-0.15, -0.1) is 0 Å². The Morgan fingerprint density at radius 2 is 1.76 bits per heavy atom. The van der Waals surface area contributed by atoms with Crippen LogP contribution in [0.4, 0.5) is 5.69 Å². The third-order valence-corrected chi connectivity index (χ3v) is 8.66. The molecule has 0 radical (unpaired) electrons. The zero-order valence-electron chi connectivity index (χ0n) is 20.3. The van der Waals surface area contributed by atoms with Crippen LogP contribution in [0.1, 0.15) is 27.0 Å². The summed E-state index contributed by atoms with van der Waals surface area (Å²) in [6.07, 6.45) is 0.364. The van der Waals surface area contributed by atoms with Gasteiger partial charge in [-0.2, -0.15) is 9.57 Å². The second-order valence-corrected chi connectivity index (χ2v) is 11.3. The van der Waals surface area contributed by atoms with E-state index in [1.807, 2.05) is 49.4 Å². The van der Waals surface area contributed by atoms with Crippen molar-refractivity contribution >= 4 is 27.5 Å². The van der Waals surface area contributed by atoms with Crippen molar-refractivity contribution in [3.8, 4) is 6.07 Å². The van der Waals surface area contributed by atoms with E-state index < -0.39 is 22.0 Å². The van der Waals surface area contributed by atoms with E-state index in [0.717, 1.165) is 16.7 Å². The molecule has 2 aliphatic rings. The van der Waals surface area contributed by atoms with Crippen molar-refractivity contribution < 1.29 is 18.0 Å². The van der Waals surface area contributed by atoms with Gasteiger partial charge in [0, 0.05) is 37.3 Å². The van der Waals surface area contributed by atoms with Crippen LogP contribution >= 0.6 is 0 Å². The van der Waals surface area contributed by atoms with E-state index in [1.54, 1.807) is 12.1 Å². The van der Waals surface area contributed by atoms with Crippen LogP contribution in [0, 0.1) is 24.2 Å². The minimum atomic E-state index is -3.83. The average molecular weight is 515 g/mol. The van der Waals surface area contributed by atoms with E-state index in [-0.39, 0.29) is 35.4 Å². The van der Waals surface area contributed by atoms with Crippen molar-refractivity contribution in [2.45, 2.75) is 30.8 Å². The number of fused-ring (bicyclic) bond motifs is 1. The fraction of sp³-hybridized carbons (Fsp3) is 0.250. The first kappa shape index (κ1) is 24.7. The van der Waals surface area contributed by atoms with Gasteiger partial charge in [0.05, 0.1) is 16.9 Å². The number of aryl methyl sites for hydroxylation is 1. The summed E-state index contributed by atoms with van der Waals surface area (Å²) >= 11 is 0. The van der Waals surface area contributed by atoms with E-state index in [4.69, 9.17) is 5.26 Å². The number of amides is 2. The summed E-state index contributed by atoms with van der Waals surface area (Å²) < 4.78 is 27.3. The molecule has 0 aliphatic carbocycles. The van der Waals surface area contributed by atoms with Crippen molar-refractivity contribution in [2.24, 2.45) is 5.92 Å². The van der Waals surface area contributed by atoms with Crippen LogP contribution in [0.25, 0.3) is 0 Å². The molecule has 0 spiro atoms. The highest BCUT2D eigenvalue weighted by atomic mass is 32.2. The fourth-order valence-electron chi connectivity index (χ4n) is 4.65. The lowest BCUT2D eigenvalue weighted by atomic mass is 10.1. The molecule has 3 aromatic rings. The standard InChI is InChI=1S/C28H26N4O4S/c1-19-9-11-20(12-10-19)16-30-27(33)26-14-22-5-2-3-8-25(22)32(26)28(34)23-6-4-7-24(13-23)37(35,36)31-17-21(15-29)18-31/h2-13,21,26H,14,16-18H2,1H3,(H,30,33). The van der Waals surface area contributed by atoms with Crippen LogP contribution in [0.5, 0.6) is 0 Å². The maximum Gasteiger partial charge on any atom is 0.259 e. The predicted octanol–water partition coefficient (Wildman–Crippen LogP) is 3.03. The number of nitrogens with one attached hydrogen (secondary N) is 1. The third-order valence-electron chi connectivity index (χ3n) is 6.83. The van der Waals surface area contributed by atoms with Gasteiger partial charge < -0.3 is 5.32 Å². The molecule has 2 amide bonds. The SMILES string of the molecule is Cc1ccc(CNC(=O)C2Cc3ccccc3N2C(=O)c2cccc(S(=O)(=O)N3CC(C#N)C3)c2)cc1. The van der Waals surface area contributed by atoms with E-state index >= 15 is 0 Å². The highest BCUT2D eigenvalue weighted by Crippen LogP contribution is 2.34. The van der Waals surface area contributed by atoms with Gasteiger partial charge in [-0.3, -0.25) is 14.5 Å². The molecule has 2 heterocycles. The Kier molecular flexibility index (Phi) is 6.54. The molecular formula is C28H26N4O4S. The number of benzene rings is 3. The Bertz CT molecular complexity index is 1510. The van der Waals surface area contributed by atoms with E-state index in [1.165, 1.54) is 27.4 Å². The second kappa shape index (κ2) is 9.81. The Morgan fingerprint density at radius 1 is 1.03 bits per heavy atom. The summed E-state index contributed by atoms with van der Waals surface area (Å²) in [6.45, 7) is 2.61. The number of carbonyl (C=O) groups is 2. The highest BCUT2D eigenvalue weighted by molar-refractivity contribution is 7.89. The summed E-state index contributed by atoms with van der Waals surface area (Å²) in [4.78, 5) is 28.5. The maximum absolute atomic E-state index is 13.8. The summed E-state index contributed by atoms with van der Waals surface area (Å²) in [7, 11) is -3.83. The number of hydrogen-bond acceptors (Lipinski definition) is 5. The number of sulfonamides is 1. The van der Waals surface area contributed by atoms with Crippen LogP contribution in [-0.4, -0.2) is 43.7 Å². The second-order valence-electron chi connectivity index (χ2n) is 9.40. The van der Waals surface area contributed by atoms with Gasteiger partial charge in [0.2, 0.25) is 15.9 Å². The van der Waals surface area contributed by atoms with Gasteiger partial charge in [0.1, 0.15) is 6.04 Å². The molecule has 1 fully saturated rings. The molecule has 37 heavy (non-hydrogen) atoms. The molecule has 0 saturated carbocycles. The van der Waals surface area contributed by atoms with Gasteiger partial charge in [-0.1, -0.05) is 54.1 Å². The molecule has 3 aromatic carbocycles. The topological polar surface area (TPSA) is 111 Å². The number of para-hydroxylation sites is 1. The van der Waals surface area contributed by atoms with Crippen molar-refractivity contribution in [3.63, 3.8) is 0 Å². The molecule has 5 rings (SSSR count). The molecular weight excluding hydrogens is 488 g/mol. The first-order chi connectivity index (χ1) is 17.8. The van der Waals surface area contributed by atoms with Crippen molar-refractivity contribution in [2.75, 3.05) is 18.0 Å². The normalized spacial score (nSPS) is 17.5. The van der Waals surface area contributed by atoms with Crippen molar-refractivity contribution in [1.29, 1.82) is 5.26 Å². The first-order valence-corrected chi connectivity index (χ1v) is 13.5. The first-order valence-electron chi connectivity index (χ1n) is 12.0. The van der Waals surface area contributed by atoms with Crippen LogP contribution in [-0.2, 0) is 27.8 Å². The summed E-state index contributed by atoms with van der Waals surface area (Å²) in [6, 6.07) is 22.4. The molecule has 1 atom stereocenters. The van der Waals surface area contributed by atoms with E-state index in [9.17, 15) is 18.0 Å². The number of anilines is 1. The zero-order chi connectivity index (χ0) is 26.2. The van der Waals surface area contributed by atoms with E-state index in [2.05, 4.69) is 11.4 Å². The maximum atomic E-state index is 13.8. The van der Waals surface area contributed by atoms with Crippen LogP contribution in [0.2, 0.25) is 0 Å². The largest absolute Gasteiger partial charge is 0.350 e. The van der Waals surface area contributed by atoms with Gasteiger partial charge in [-0.25, -0.2) is 8.42 Å². The van der Waals surface area contributed by atoms with E-state index in [0.29, 0.717) is 18.7 Å². The minimum Gasteiger partial charge on any atom is -0.350 e. The number of hydrogen-bond donors (Lipinski definition) is 1. The molecule has 2 aliphatic heterocycles. The monoisotopic (exact) mass is 514 g/mol. The lowest BCUT2D eigenvalue weighted by molar-refractivity contribution is -0.122. The van der Waals surface area contributed by atoms with Crippen LogP contribution < -0.4 is 10.2 Å². The zero-order valence-corrected chi connectivity index (χ0v) is 21.1. The molecule has 1 unspecified atom stereocenters. The molecule has 1 saturated heterocycles. The summed E-state index contributed by atoms with van der Waals surface area (Å²) in [5.41, 5.74) is 3.76. The molecule has 188 valence electrons. The molecule has 0 bridgehead atoms. The number of rotatable bonds is 6. The smallest absolute Gasteiger partial charge is 0.259 e. The fourth-order valence-corrected chi connectivity index (χ4v) is 6.23. The van der Waals surface area contributed by atoms with Crippen LogP contribution in [0.15, 0.2) is 77.7 Å². The summed E-state index contributed by atoms with van der Waals surface area (Å²) in [5.74, 6) is -1.05. The Balaban J connectivity index is 1.40. The Hall–Kier alpha value is -4.00. The van der Waals surface area contributed by atoms with Crippen molar-refractivity contribution in [3.05, 3.63) is 95.1 Å². The average Bonchev–Trinajstić information content (AvgIpc) is 3.27. The van der Waals surface area contributed by atoms with Gasteiger partial charge in [0.25, 0.3) is 5.91 Å². The minimum absolute atomic E-state index is 0.0115. The van der Waals surface area contributed by atoms with Gasteiger partial charge in [0.15, 0.2) is 0 Å².